The summed E-state index contributed by atoms with van der Waals surface area (Å²) in [4.78, 5) is 0. The van der Waals surface area contributed by atoms with Crippen LogP contribution in [0.3, 0.4) is 0 Å². The van der Waals surface area contributed by atoms with Crippen LogP contribution in [-0.2, 0) is 5.41 Å². The molecule has 0 amide bonds. The van der Waals surface area contributed by atoms with Gasteiger partial charge in [0.05, 0.1) is 0 Å². The van der Waals surface area contributed by atoms with E-state index in [1.807, 2.05) is 6.92 Å². The molecule has 0 spiro atoms. The number of benzene rings is 1. The van der Waals surface area contributed by atoms with Gasteiger partial charge in [-0.25, -0.2) is 4.39 Å². The second-order valence-corrected chi connectivity index (χ2v) is 5.13. The summed E-state index contributed by atoms with van der Waals surface area (Å²) in [7, 11) is 0. The van der Waals surface area contributed by atoms with Crippen LogP contribution in [0.2, 0.25) is 5.02 Å². The third-order valence-corrected chi connectivity index (χ3v) is 3.37. The van der Waals surface area contributed by atoms with Crippen molar-refractivity contribution in [3.63, 3.8) is 0 Å². The zero-order valence-corrected chi connectivity index (χ0v) is 9.54. The molecule has 1 aromatic carbocycles. The Labute approximate surface area is 90.2 Å². The van der Waals surface area contributed by atoms with Crippen LogP contribution in [0.15, 0.2) is 16.6 Å². The average molecular weight is 264 g/mol. The van der Waals surface area contributed by atoms with E-state index in [0.717, 1.165) is 12.8 Å². The molecule has 1 saturated carbocycles. The maximum absolute atomic E-state index is 13.5. The molecule has 1 aliphatic rings. The van der Waals surface area contributed by atoms with Crippen LogP contribution in [0.4, 0.5) is 4.39 Å². The van der Waals surface area contributed by atoms with Gasteiger partial charge in [-0.15, -0.1) is 0 Å². The van der Waals surface area contributed by atoms with Crippen molar-refractivity contribution in [3.8, 4) is 0 Å². The molecule has 1 aliphatic carbocycles. The van der Waals surface area contributed by atoms with Crippen LogP contribution < -0.4 is 0 Å². The minimum atomic E-state index is -0.195. The molecule has 0 N–H and O–H groups in total. The lowest BCUT2D eigenvalue weighted by molar-refractivity contribution is 0.585. The van der Waals surface area contributed by atoms with Gasteiger partial charge in [-0.2, -0.15) is 0 Å². The summed E-state index contributed by atoms with van der Waals surface area (Å²) in [5.41, 5.74) is 0.666. The van der Waals surface area contributed by atoms with Crippen LogP contribution in [0.25, 0.3) is 0 Å². The first-order chi connectivity index (χ1) is 6.03. The molecule has 3 heteroatoms. The second-order valence-electron chi connectivity index (χ2n) is 3.81. The van der Waals surface area contributed by atoms with E-state index in [9.17, 15) is 4.39 Å². The quantitative estimate of drug-likeness (QED) is 0.709. The first-order valence-electron chi connectivity index (χ1n) is 4.18. The fraction of sp³-hybridized carbons (Fsp3) is 0.400. The van der Waals surface area contributed by atoms with Gasteiger partial charge < -0.3 is 0 Å². The summed E-state index contributed by atoms with van der Waals surface area (Å²) < 4.78 is 14.2. The van der Waals surface area contributed by atoms with Gasteiger partial charge in [0.25, 0.3) is 0 Å². The van der Waals surface area contributed by atoms with E-state index in [4.69, 9.17) is 11.6 Å². The summed E-state index contributed by atoms with van der Waals surface area (Å²) in [6.45, 7) is 2.05. The zero-order chi connectivity index (χ0) is 9.64. The highest BCUT2D eigenvalue weighted by Crippen LogP contribution is 2.51. The average Bonchev–Trinajstić information content (AvgIpc) is 2.65. The molecule has 0 heterocycles. The largest absolute Gasteiger partial charge is 0.207 e. The monoisotopic (exact) mass is 262 g/mol. The Bertz CT molecular complexity index is 335. The van der Waals surface area contributed by atoms with Crippen LogP contribution in [-0.4, -0.2) is 0 Å². The van der Waals surface area contributed by atoms with Gasteiger partial charge in [-0.1, -0.05) is 34.5 Å². The molecule has 0 saturated heterocycles. The molecule has 70 valence electrons. The highest BCUT2D eigenvalue weighted by atomic mass is 79.9. The number of halogens is 3. The Hall–Kier alpha value is -0.0800. The second kappa shape index (κ2) is 2.96. The molecule has 0 bridgehead atoms. The fourth-order valence-electron chi connectivity index (χ4n) is 1.56. The van der Waals surface area contributed by atoms with Crippen molar-refractivity contribution in [2.45, 2.75) is 25.2 Å². The van der Waals surface area contributed by atoms with Crippen molar-refractivity contribution < 1.29 is 4.39 Å². The molecule has 0 radical (unpaired) electrons. The Morgan fingerprint density at radius 3 is 2.54 bits per heavy atom. The molecule has 2 rings (SSSR count). The van der Waals surface area contributed by atoms with Crippen LogP contribution in [0, 0.1) is 5.82 Å². The summed E-state index contributed by atoms with van der Waals surface area (Å²) in [6, 6.07) is 3.23. The molecule has 0 atom stereocenters. The van der Waals surface area contributed by atoms with Gasteiger partial charge in [0.2, 0.25) is 0 Å². The van der Waals surface area contributed by atoms with E-state index >= 15 is 0 Å². The number of hydrogen-bond acceptors (Lipinski definition) is 0. The van der Waals surface area contributed by atoms with Crippen molar-refractivity contribution in [1.82, 2.24) is 0 Å². The van der Waals surface area contributed by atoms with E-state index in [1.54, 1.807) is 6.07 Å². The molecule has 0 aliphatic heterocycles. The molecular formula is C10H9BrClF. The van der Waals surface area contributed by atoms with Gasteiger partial charge in [0.1, 0.15) is 5.82 Å². The topological polar surface area (TPSA) is 0 Å². The lowest BCUT2D eigenvalue weighted by atomic mass is 9.98. The van der Waals surface area contributed by atoms with E-state index in [1.165, 1.54) is 6.07 Å². The minimum Gasteiger partial charge on any atom is -0.207 e. The van der Waals surface area contributed by atoms with Crippen molar-refractivity contribution >= 4 is 27.5 Å². The fourth-order valence-corrected chi connectivity index (χ4v) is 2.55. The molecule has 0 unspecified atom stereocenters. The first kappa shape index (κ1) is 9.47. The van der Waals surface area contributed by atoms with Gasteiger partial charge in [-0.3, -0.25) is 0 Å². The lowest BCUT2D eigenvalue weighted by Crippen LogP contribution is -2.04. The van der Waals surface area contributed by atoms with Gasteiger partial charge in [-0.05, 0) is 30.4 Å². The van der Waals surface area contributed by atoms with Crippen LogP contribution in [0.5, 0.6) is 0 Å². The van der Waals surface area contributed by atoms with Gasteiger partial charge in [0.15, 0.2) is 0 Å². The smallest absolute Gasteiger partial charge is 0.129 e. The lowest BCUT2D eigenvalue weighted by Gasteiger charge is -2.12. The van der Waals surface area contributed by atoms with E-state index < -0.39 is 0 Å². The number of rotatable bonds is 1. The number of hydrogen-bond donors (Lipinski definition) is 0. The predicted octanol–water partition coefficient (Wildman–Crippen LogP) is 4.29. The summed E-state index contributed by atoms with van der Waals surface area (Å²) in [6.07, 6.45) is 2.07. The predicted molar refractivity (Wildman–Crippen MR) is 55.7 cm³/mol. The molecular weight excluding hydrogens is 254 g/mol. The SMILES string of the molecule is CC1(c2c(F)cc(Br)cc2Cl)CC1. The van der Waals surface area contributed by atoms with E-state index in [2.05, 4.69) is 15.9 Å². The molecule has 1 aromatic rings. The summed E-state index contributed by atoms with van der Waals surface area (Å²) in [5, 5.41) is 0.534. The first-order valence-corrected chi connectivity index (χ1v) is 5.35. The molecule has 0 aromatic heterocycles. The Balaban J connectivity index is 2.57. The van der Waals surface area contributed by atoms with Crippen molar-refractivity contribution in [2.75, 3.05) is 0 Å². The molecule has 13 heavy (non-hydrogen) atoms. The van der Waals surface area contributed by atoms with E-state index in [-0.39, 0.29) is 11.2 Å². The van der Waals surface area contributed by atoms with Crippen molar-refractivity contribution in [2.24, 2.45) is 0 Å². The minimum absolute atomic E-state index is 0.0120. The highest BCUT2D eigenvalue weighted by molar-refractivity contribution is 9.10. The van der Waals surface area contributed by atoms with Crippen molar-refractivity contribution in [3.05, 3.63) is 33.0 Å². The zero-order valence-electron chi connectivity index (χ0n) is 7.20. The third-order valence-electron chi connectivity index (χ3n) is 2.61. The standard InChI is InChI=1S/C10H9BrClF/c1-10(2-3-10)9-7(12)4-6(11)5-8(9)13/h4-5H,2-3H2,1H3. The summed E-state index contributed by atoms with van der Waals surface area (Å²) >= 11 is 9.20. The third kappa shape index (κ3) is 1.62. The molecule has 1 fully saturated rings. The normalized spacial score (nSPS) is 18.8. The maximum Gasteiger partial charge on any atom is 0.129 e. The highest BCUT2D eigenvalue weighted by Gasteiger charge is 2.42. The van der Waals surface area contributed by atoms with E-state index in [0.29, 0.717) is 15.1 Å². The van der Waals surface area contributed by atoms with Crippen LogP contribution in [0.1, 0.15) is 25.3 Å². The summed E-state index contributed by atoms with van der Waals surface area (Å²) in [5.74, 6) is -0.195. The van der Waals surface area contributed by atoms with Gasteiger partial charge in [0, 0.05) is 15.1 Å². The molecule has 0 nitrogen and oxygen atoms in total. The Morgan fingerprint density at radius 2 is 2.08 bits per heavy atom. The van der Waals surface area contributed by atoms with Gasteiger partial charge >= 0.3 is 0 Å². The Morgan fingerprint density at radius 1 is 1.46 bits per heavy atom. The van der Waals surface area contributed by atoms with Crippen LogP contribution >= 0.6 is 27.5 Å². The Kier molecular flexibility index (Phi) is 2.16. The van der Waals surface area contributed by atoms with Crippen molar-refractivity contribution in [1.29, 1.82) is 0 Å². The maximum atomic E-state index is 13.5.